The Balaban J connectivity index is 1.82. The lowest BCUT2D eigenvalue weighted by molar-refractivity contribution is 0.496. The molecule has 0 unspecified atom stereocenters. The second-order valence-corrected chi connectivity index (χ2v) is 5.12. The molecule has 100 valence electrons. The Bertz CT molecular complexity index is 554. The lowest BCUT2D eigenvalue weighted by Crippen LogP contribution is -2.40. The normalized spacial score (nSPS) is 16.8. The minimum Gasteiger partial charge on any atom is -0.339 e. The summed E-state index contributed by atoms with van der Waals surface area (Å²) in [6.07, 6.45) is 2.02. The molecule has 0 radical (unpaired) electrons. The van der Waals surface area contributed by atoms with Crippen molar-refractivity contribution in [2.75, 3.05) is 18.0 Å². The number of anilines is 1. The molecule has 1 saturated heterocycles. The number of benzene rings is 1. The molecule has 1 aliphatic heterocycles. The van der Waals surface area contributed by atoms with E-state index < -0.39 is 0 Å². The summed E-state index contributed by atoms with van der Waals surface area (Å²) in [4.78, 5) is 6.80. The number of aromatic nitrogens is 3. The molecule has 5 nitrogen and oxygen atoms in total. The van der Waals surface area contributed by atoms with Crippen LogP contribution in [0.4, 0.5) is 5.95 Å². The Hall–Kier alpha value is -1.88. The Morgan fingerprint density at radius 2 is 2.00 bits per heavy atom. The quantitative estimate of drug-likeness (QED) is 0.859. The molecule has 2 aromatic rings. The van der Waals surface area contributed by atoms with E-state index in [1.165, 1.54) is 5.56 Å². The van der Waals surface area contributed by atoms with Crippen LogP contribution in [0, 0.1) is 6.92 Å². The van der Waals surface area contributed by atoms with E-state index in [2.05, 4.69) is 39.1 Å². The number of aryl methyl sites for hydroxylation is 1. The molecule has 0 saturated carbocycles. The van der Waals surface area contributed by atoms with Crippen molar-refractivity contribution in [2.45, 2.75) is 25.8 Å². The largest absolute Gasteiger partial charge is 0.339 e. The molecule has 1 aliphatic rings. The van der Waals surface area contributed by atoms with E-state index in [9.17, 15) is 0 Å². The van der Waals surface area contributed by atoms with Crippen LogP contribution in [0.25, 0.3) is 11.4 Å². The molecule has 19 heavy (non-hydrogen) atoms. The lowest BCUT2D eigenvalue weighted by Gasteiger charge is -2.28. The first-order valence-corrected chi connectivity index (χ1v) is 6.73. The van der Waals surface area contributed by atoms with Crippen molar-refractivity contribution in [1.82, 2.24) is 15.2 Å². The molecule has 5 heteroatoms. The number of aromatic amines is 1. The van der Waals surface area contributed by atoms with Gasteiger partial charge in [-0.3, -0.25) is 5.10 Å². The van der Waals surface area contributed by atoms with Gasteiger partial charge in [0.25, 0.3) is 0 Å². The number of nitrogens with one attached hydrogen (secondary N) is 1. The van der Waals surface area contributed by atoms with E-state index in [1.54, 1.807) is 0 Å². The minimum atomic E-state index is 0.325. The van der Waals surface area contributed by atoms with Crippen LogP contribution in [-0.2, 0) is 0 Å². The number of H-pyrrole nitrogens is 1. The smallest absolute Gasteiger partial charge is 0.245 e. The van der Waals surface area contributed by atoms with Crippen LogP contribution in [0.3, 0.4) is 0 Å². The highest BCUT2D eigenvalue weighted by atomic mass is 15.4. The molecule has 1 aromatic carbocycles. The lowest BCUT2D eigenvalue weighted by atomic mass is 10.1. The van der Waals surface area contributed by atoms with Gasteiger partial charge >= 0.3 is 0 Å². The fourth-order valence-electron chi connectivity index (χ4n) is 2.45. The van der Waals surface area contributed by atoms with Crippen molar-refractivity contribution in [3.05, 3.63) is 29.8 Å². The van der Waals surface area contributed by atoms with Crippen molar-refractivity contribution in [3.63, 3.8) is 0 Å². The summed E-state index contributed by atoms with van der Waals surface area (Å²) in [5, 5.41) is 7.37. The standard InChI is InChI=1S/C14H19N5/c1-10-4-2-3-5-12(10)13-16-14(18-17-13)19-8-6-11(15)7-9-19/h2-5,11H,6-9,15H2,1H3,(H,16,17,18). The number of hydrogen-bond donors (Lipinski definition) is 2. The number of rotatable bonds is 2. The first kappa shape index (κ1) is 12.2. The van der Waals surface area contributed by atoms with Gasteiger partial charge in [0.1, 0.15) is 0 Å². The van der Waals surface area contributed by atoms with E-state index in [-0.39, 0.29) is 0 Å². The summed E-state index contributed by atoms with van der Waals surface area (Å²) in [6, 6.07) is 8.52. The fourth-order valence-corrected chi connectivity index (χ4v) is 2.45. The molecular weight excluding hydrogens is 238 g/mol. The van der Waals surface area contributed by atoms with Crippen LogP contribution in [0.5, 0.6) is 0 Å². The molecule has 1 aromatic heterocycles. The summed E-state index contributed by atoms with van der Waals surface area (Å²) in [6.45, 7) is 3.95. The molecule has 3 N–H and O–H groups in total. The maximum absolute atomic E-state index is 5.92. The van der Waals surface area contributed by atoms with Crippen molar-refractivity contribution in [1.29, 1.82) is 0 Å². The van der Waals surface area contributed by atoms with E-state index in [4.69, 9.17) is 5.73 Å². The first-order valence-electron chi connectivity index (χ1n) is 6.73. The highest BCUT2D eigenvalue weighted by molar-refractivity contribution is 5.60. The highest BCUT2D eigenvalue weighted by Gasteiger charge is 2.19. The number of nitrogens with zero attached hydrogens (tertiary/aromatic N) is 3. The van der Waals surface area contributed by atoms with E-state index >= 15 is 0 Å². The molecule has 0 bridgehead atoms. The monoisotopic (exact) mass is 257 g/mol. The van der Waals surface area contributed by atoms with E-state index in [0.717, 1.165) is 43.3 Å². The SMILES string of the molecule is Cc1ccccc1-c1nc(N2CCC(N)CC2)n[nH]1. The summed E-state index contributed by atoms with van der Waals surface area (Å²) < 4.78 is 0. The van der Waals surface area contributed by atoms with Gasteiger partial charge < -0.3 is 10.6 Å². The number of nitrogens with two attached hydrogens (primary N) is 1. The molecule has 0 amide bonds. The Labute approximate surface area is 112 Å². The van der Waals surface area contributed by atoms with Gasteiger partial charge in [-0.15, -0.1) is 5.10 Å². The Morgan fingerprint density at radius 3 is 2.74 bits per heavy atom. The Kier molecular flexibility index (Phi) is 3.21. The van der Waals surface area contributed by atoms with Gasteiger partial charge in [-0.2, -0.15) is 4.98 Å². The molecule has 1 fully saturated rings. The zero-order valence-corrected chi connectivity index (χ0v) is 11.1. The van der Waals surface area contributed by atoms with Crippen LogP contribution in [-0.4, -0.2) is 34.3 Å². The average Bonchev–Trinajstić information content (AvgIpc) is 2.89. The van der Waals surface area contributed by atoms with Gasteiger partial charge in [0.15, 0.2) is 5.82 Å². The predicted octanol–water partition coefficient (Wildman–Crippen LogP) is 1.71. The van der Waals surface area contributed by atoms with Crippen LogP contribution in [0.15, 0.2) is 24.3 Å². The maximum Gasteiger partial charge on any atom is 0.245 e. The minimum absolute atomic E-state index is 0.325. The van der Waals surface area contributed by atoms with Crippen molar-refractivity contribution in [2.24, 2.45) is 5.73 Å². The highest BCUT2D eigenvalue weighted by Crippen LogP contribution is 2.22. The van der Waals surface area contributed by atoms with Crippen molar-refractivity contribution in [3.8, 4) is 11.4 Å². The third kappa shape index (κ3) is 2.46. The van der Waals surface area contributed by atoms with E-state index in [1.807, 2.05) is 12.1 Å². The zero-order chi connectivity index (χ0) is 13.2. The zero-order valence-electron chi connectivity index (χ0n) is 11.1. The third-order valence-corrected chi connectivity index (χ3v) is 3.70. The van der Waals surface area contributed by atoms with Gasteiger partial charge in [-0.05, 0) is 25.3 Å². The van der Waals surface area contributed by atoms with Crippen LogP contribution in [0.1, 0.15) is 18.4 Å². The molecular formula is C14H19N5. The van der Waals surface area contributed by atoms with Gasteiger partial charge in [0.2, 0.25) is 5.95 Å². The van der Waals surface area contributed by atoms with Gasteiger partial charge in [0.05, 0.1) is 0 Å². The Morgan fingerprint density at radius 1 is 1.26 bits per heavy atom. The summed E-state index contributed by atoms with van der Waals surface area (Å²) >= 11 is 0. The molecule has 3 rings (SSSR count). The van der Waals surface area contributed by atoms with Gasteiger partial charge in [-0.25, -0.2) is 0 Å². The second-order valence-electron chi connectivity index (χ2n) is 5.12. The van der Waals surface area contributed by atoms with Crippen LogP contribution >= 0.6 is 0 Å². The fraction of sp³-hybridized carbons (Fsp3) is 0.429. The average molecular weight is 257 g/mol. The molecule has 0 aliphatic carbocycles. The summed E-state index contributed by atoms with van der Waals surface area (Å²) in [5.74, 6) is 1.62. The predicted molar refractivity (Wildman–Crippen MR) is 76.0 cm³/mol. The summed E-state index contributed by atoms with van der Waals surface area (Å²) in [5.41, 5.74) is 8.22. The summed E-state index contributed by atoms with van der Waals surface area (Å²) in [7, 11) is 0. The van der Waals surface area contributed by atoms with Crippen molar-refractivity contribution >= 4 is 5.95 Å². The van der Waals surface area contributed by atoms with Crippen LogP contribution in [0.2, 0.25) is 0 Å². The van der Waals surface area contributed by atoms with Crippen molar-refractivity contribution < 1.29 is 0 Å². The van der Waals surface area contributed by atoms with E-state index in [0.29, 0.717) is 6.04 Å². The molecule has 0 spiro atoms. The second kappa shape index (κ2) is 5.01. The topological polar surface area (TPSA) is 70.8 Å². The van der Waals surface area contributed by atoms with Gasteiger partial charge in [-0.1, -0.05) is 24.3 Å². The number of piperidine rings is 1. The maximum atomic E-state index is 5.92. The first-order chi connectivity index (χ1) is 9.24. The third-order valence-electron chi connectivity index (χ3n) is 3.70. The number of hydrogen-bond acceptors (Lipinski definition) is 4. The molecule has 0 atom stereocenters. The van der Waals surface area contributed by atoms with Crippen LogP contribution < -0.4 is 10.6 Å². The van der Waals surface area contributed by atoms with Gasteiger partial charge in [0, 0.05) is 24.7 Å². The molecule has 2 heterocycles.